The number of H-pyrrole nitrogens is 1. The number of fused-ring (bicyclic) bond motifs is 1. The van der Waals surface area contributed by atoms with Crippen LogP contribution in [-0.2, 0) is 0 Å². The Hall–Kier alpha value is -1.52. The molecule has 1 aromatic carbocycles. The Morgan fingerprint density at radius 1 is 1.30 bits per heavy atom. The van der Waals surface area contributed by atoms with Gasteiger partial charge in [-0.05, 0) is 62.3 Å². The fraction of sp³-hybridized carbons (Fsp3) is 0.500. The number of aromatic nitrogens is 1. The summed E-state index contributed by atoms with van der Waals surface area (Å²) in [6.07, 6.45) is 4.77. The zero-order chi connectivity index (χ0) is 16.0. The molecule has 2 fully saturated rings. The van der Waals surface area contributed by atoms with Crippen LogP contribution in [0.1, 0.15) is 42.6 Å². The van der Waals surface area contributed by atoms with Crippen molar-refractivity contribution in [3.8, 4) is 0 Å². The Morgan fingerprint density at radius 3 is 2.74 bits per heavy atom. The van der Waals surface area contributed by atoms with E-state index in [-0.39, 0.29) is 11.5 Å². The van der Waals surface area contributed by atoms with Gasteiger partial charge >= 0.3 is 0 Å². The lowest BCUT2D eigenvalue weighted by molar-refractivity contribution is 0.0614. The van der Waals surface area contributed by atoms with Crippen molar-refractivity contribution in [2.24, 2.45) is 5.92 Å². The maximum absolute atomic E-state index is 12.7. The number of amides is 1. The molecule has 0 bridgehead atoms. The normalized spacial score (nSPS) is 20.9. The van der Waals surface area contributed by atoms with Gasteiger partial charge in [0.05, 0.1) is 5.60 Å². The second-order valence-electron chi connectivity index (χ2n) is 7.08. The van der Waals surface area contributed by atoms with E-state index in [2.05, 4.69) is 4.98 Å². The Labute approximate surface area is 140 Å². The molecule has 1 saturated heterocycles. The highest BCUT2D eigenvalue weighted by Gasteiger charge is 2.42. The summed E-state index contributed by atoms with van der Waals surface area (Å²) in [5, 5.41) is 11.7. The Morgan fingerprint density at radius 2 is 2.04 bits per heavy atom. The van der Waals surface area contributed by atoms with Crippen LogP contribution in [0, 0.1) is 5.92 Å². The van der Waals surface area contributed by atoms with Crippen molar-refractivity contribution in [3.63, 3.8) is 0 Å². The molecule has 5 heteroatoms. The fourth-order valence-electron chi connectivity index (χ4n) is 3.61. The zero-order valence-electron chi connectivity index (χ0n) is 13.0. The summed E-state index contributed by atoms with van der Waals surface area (Å²) in [6, 6.07) is 7.47. The van der Waals surface area contributed by atoms with Gasteiger partial charge in [-0.15, -0.1) is 0 Å². The van der Waals surface area contributed by atoms with Gasteiger partial charge in [0, 0.05) is 29.0 Å². The summed E-state index contributed by atoms with van der Waals surface area (Å²) in [5.74, 6) is 0.606. The molecule has 0 spiro atoms. The van der Waals surface area contributed by atoms with Crippen molar-refractivity contribution < 1.29 is 9.90 Å². The Kier molecular flexibility index (Phi) is 3.62. The molecule has 0 atom stereocenters. The third kappa shape index (κ3) is 3.10. The molecule has 1 aliphatic carbocycles. The number of piperidine rings is 1. The summed E-state index contributed by atoms with van der Waals surface area (Å²) in [6.45, 7) is 1.55. The predicted octanol–water partition coefficient (Wildman–Crippen LogP) is 3.59. The highest BCUT2D eigenvalue weighted by Crippen LogP contribution is 2.42. The largest absolute Gasteiger partial charge is 0.390 e. The van der Waals surface area contributed by atoms with Gasteiger partial charge < -0.3 is 15.0 Å². The number of aliphatic hydroxyl groups is 1. The van der Waals surface area contributed by atoms with Gasteiger partial charge in [-0.3, -0.25) is 4.79 Å². The monoisotopic (exact) mass is 332 g/mol. The van der Waals surface area contributed by atoms with Crippen molar-refractivity contribution in [3.05, 3.63) is 35.0 Å². The van der Waals surface area contributed by atoms with Gasteiger partial charge in [0.2, 0.25) is 0 Å². The molecular weight excluding hydrogens is 312 g/mol. The van der Waals surface area contributed by atoms with Gasteiger partial charge in [-0.25, -0.2) is 0 Å². The van der Waals surface area contributed by atoms with E-state index in [1.54, 1.807) is 0 Å². The molecule has 0 unspecified atom stereocenters. The van der Waals surface area contributed by atoms with Crippen LogP contribution in [0.25, 0.3) is 10.9 Å². The van der Waals surface area contributed by atoms with E-state index in [0.717, 1.165) is 56.1 Å². The fourth-order valence-corrected chi connectivity index (χ4v) is 3.80. The second kappa shape index (κ2) is 5.53. The molecule has 1 amide bonds. The summed E-state index contributed by atoms with van der Waals surface area (Å²) >= 11 is 6.00. The molecule has 2 heterocycles. The standard InChI is InChI=1S/C18H21ClN2O2/c19-14-1-2-15-13(9-14)10-16(20-15)17(22)21-7-3-12(4-8-21)11-18(23)5-6-18/h1-2,9-10,12,20,23H,3-8,11H2. The van der Waals surface area contributed by atoms with Crippen LogP contribution in [0.3, 0.4) is 0 Å². The van der Waals surface area contributed by atoms with E-state index >= 15 is 0 Å². The predicted molar refractivity (Wildman–Crippen MR) is 90.7 cm³/mol. The van der Waals surface area contributed by atoms with Crippen molar-refractivity contribution in [2.45, 2.75) is 37.7 Å². The first-order valence-electron chi connectivity index (χ1n) is 8.32. The highest BCUT2D eigenvalue weighted by atomic mass is 35.5. The zero-order valence-corrected chi connectivity index (χ0v) is 13.8. The summed E-state index contributed by atoms with van der Waals surface area (Å²) in [5.41, 5.74) is 1.18. The third-order valence-electron chi connectivity index (χ3n) is 5.21. The third-order valence-corrected chi connectivity index (χ3v) is 5.45. The van der Waals surface area contributed by atoms with Crippen LogP contribution >= 0.6 is 11.6 Å². The minimum Gasteiger partial charge on any atom is -0.390 e. The Bertz CT molecular complexity index is 743. The maximum Gasteiger partial charge on any atom is 0.270 e. The molecule has 2 N–H and O–H groups in total. The molecule has 1 aliphatic heterocycles. The van der Waals surface area contributed by atoms with E-state index in [4.69, 9.17) is 11.6 Å². The van der Waals surface area contributed by atoms with Crippen molar-refractivity contribution in [1.82, 2.24) is 9.88 Å². The number of hydrogen-bond acceptors (Lipinski definition) is 2. The molecule has 2 aromatic rings. The summed E-state index contributed by atoms with van der Waals surface area (Å²) in [4.78, 5) is 17.8. The summed E-state index contributed by atoms with van der Waals surface area (Å²) < 4.78 is 0. The average Bonchev–Trinajstić information content (AvgIpc) is 3.11. The number of carbonyl (C=O) groups is 1. The number of aromatic amines is 1. The van der Waals surface area contributed by atoms with Crippen molar-refractivity contribution in [1.29, 1.82) is 0 Å². The maximum atomic E-state index is 12.7. The van der Waals surface area contributed by atoms with Crippen LogP contribution in [0.4, 0.5) is 0 Å². The molecule has 1 saturated carbocycles. The van der Waals surface area contributed by atoms with Crippen molar-refractivity contribution in [2.75, 3.05) is 13.1 Å². The highest BCUT2D eigenvalue weighted by molar-refractivity contribution is 6.31. The van der Waals surface area contributed by atoms with Gasteiger partial charge in [0.15, 0.2) is 0 Å². The van der Waals surface area contributed by atoms with Gasteiger partial charge in [0.1, 0.15) is 5.69 Å². The van der Waals surface area contributed by atoms with E-state index in [9.17, 15) is 9.90 Å². The lowest BCUT2D eigenvalue weighted by Crippen LogP contribution is -2.39. The number of likely N-dealkylation sites (tertiary alicyclic amines) is 1. The van der Waals surface area contributed by atoms with Gasteiger partial charge in [0.25, 0.3) is 5.91 Å². The number of nitrogens with zero attached hydrogens (tertiary/aromatic N) is 1. The molecular formula is C18H21ClN2O2. The van der Waals surface area contributed by atoms with Crippen molar-refractivity contribution >= 4 is 28.4 Å². The smallest absolute Gasteiger partial charge is 0.270 e. The topological polar surface area (TPSA) is 56.3 Å². The SMILES string of the molecule is O=C(c1cc2cc(Cl)ccc2[nH]1)N1CCC(CC2(O)CC2)CC1. The molecule has 1 aromatic heterocycles. The molecule has 122 valence electrons. The van der Waals surface area contributed by atoms with Crippen LogP contribution in [-0.4, -0.2) is 39.6 Å². The van der Waals surface area contributed by atoms with Crippen LogP contribution in [0.5, 0.6) is 0 Å². The molecule has 2 aliphatic rings. The van der Waals surface area contributed by atoms with E-state index in [1.165, 1.54) is 0 Å². The van der Waals surface area contributed by atoms with Crippen LogP contribution in [0.2, 0.25) is 5.02 Å². The number of carbonyl (C=O) groups excluding carboxylic acids is 1. The molecule has 0 radical (unpaired) electrons. The van der Waals surface area contributed by atoms with Gasteiger partial charge in [-0.2, -0.15) is 0 Å². The number of hydrogen-bond donors (Lipinski definition) is 2. The first kappa shape index (κ1) is 15.0. The second-order valence-corrected chi connectivity index (χ2v) is 7.52. The number of rotatable bonds is 3. The van der Waals surface area contributed by atoms with Gasteiger partial charge in [-0.1, -0.05) is 11.6 Å². The lowest BCUT2D eigenvalue weighted by atomic mass is 9.90. The molecule has 4 rings (SSSR count). The molecule has 4 nitrogen and oxygen atoms in total. The van der Waals surface area contributed by atoms with E-state index in [0.29, 0.717) is 16.6 Å². The van der Waals surface area contributed by atoms with E-state index in [1.807, 2.05) is 29.2 Å². The average molecular weight is 333 g/mol. The molecule has 23 heavy (non-hydrogen) atoms. The quantitative estimate of drug-likeness (QED) is 0.902. The lowest BCUT2D eigenvalue weighted by Gasteiger charge is -2.32. The first-order chi connectivity index (χ1) is 11.0. The minimum atomic E-state index is -0.382. The van der Waals surface area contributed by atoms with Crippen LogP contribution in [0.15, 0.2) is 24.3 Å². The summed E-state index contributed by atoms with van der Waals surface area (Å²) in [7, 11) is 0. The van der Waals surface area contributed by atoms with E-state index < -0.39 is 0 Å². The van der Waals surface area contributed by atoms with Crippen LogP contribution < -0.4 is 0 Å². The number of benzene rings is 1. The minimum absolute atomic E-state index is 0.0564. The number of halogens is 1. The number of nitrogens with one attached hydrogen (secondary N) is 1. The Balaban J connectivity index is 1.42. The first-order valence-corrected chi connectivity index (χ1v) is 8.70.